The molecule has 100 valence electrons. The van der Waals surface area contributed by atoms with E-state index in [0.29, 0.717) is 22.5 Å². The molecule has 0 aliphatic rings. The van der Waals surface area contributed by atoms with Crippen LogP contribution in [0.15, 0.2) is 24.4 Å². The summed E-state index contributed by atoms with van der Waals surface area (Å²) in [6, 6.07) is 4.25. The first-order chi connectivity index (χ1) is 9.08. The molecule has 6 heteroatoms. The number of aryl methyl sites for hydroxylation is 1. The molecule has 1 heterocycles. The first kappa shape index (κ1) is 13.5. The molecule has 2 rings (SSSR count). The number of anilines is 3. The van der Waals surface area contributed by atoms with Crippen molar-refractivity contribution in [2.75, 3.05) is 17.2 Å². The molecule has 0 unspecified atom stereocenters. The van der Waals surface area contributed by atoms with Crippen LogP contribution in [0, 0.1) is 12.7 Å². The van der Waals surface area contributed by atoms with Crippen LogP contribution in [0.2, 0.25) is 5.02 Å². The van der Waals surface area contributed by atoms with Crippen molar-refractivity contribution < 1.29 is 4.39 Å². The van der Waals surface area contributed by atoms with E-state index in [2.05, 4.69) is 20.6 Å². The zero-order valence-corrected chi connectivity index (χ0v) is 11.4. The van der Waals surface area contributed by atoms with Crippen LogP contribution in [0.1, 0.15) is 12.5 Å². The molecular weight excluding hydrogens is 267 g/mol. The molecular formula is C13H14ClFN4. The predicted octanol–water partition coefficient (Wildman–Crippen LogP) is 3.75. The topological polar surface area (TPSA) is 49.8 Å². The molecule has 0 amide bonds. The van der Waals surface area contributed by atoms with E-state index >= 15 is 0 Å². The minimum Gasteiger partial charge on any atom is -0.354 e. The van der Waals surface area contributed by atoms with E-state index < -0.39 is 5.82 Å². The SMILES string of the molecule is CCNc1ncc(C)c(Nc2cc(F)cc(Cl)c2)n1. The number of hydrogen-bond acceptors (Lipinski definition) is 4. The Hall–Kier alpha value is -1.88. The lowest BCUT2D eigenvalue weighted by Crippen LogP contribution is -2.05. The zero-order chi connectivity index (χ0) is 13.8. The number of aromatic nitrogens is 2. The van der Waals surface area contributed by atoms with Crippen molar-refractivity contribution in [3.63, 3.8) is 0 Å². The first-order valence-electron chi connectivity index (χ1n) is 5.89. The van der Waals surface area contributed by atoms with Crippen LogP contribution in [0.4, 0.5) is 21.8 Å². The Morgan fingerprint density at radius 3 is 2.79 bits per heavy atom. The van der Waals surface area contributed by atoms with Gasteiger partial charge in [0.2, 0.25) is 5.95 Å². The van der Waals surface area contributed by atoms with Crippen molar-refractivity contribution in [1.82, 2.24) is 9.97 Å². The maximum Gasteiger partial charge on any atom is 0.224 e. The minimum absolute atomic E-state index is 0.334. The average molecular weight is 281 g/mol. The Morgan fingerprint density at radius 2 is 2.11 bits per heavy atom. The average Bonchev–Trinajstić information content (AvgIpc) is 2.32. The van der Waals surface area contributed by atoms with E-state index in [1.54, 1.807) is 12.3 Å². The smallest absolute Gasteiger partial charge is 0.224 e. The van der Waals surface area contributed by atoms with Gasteiger partial charge in [-0.1, -0.05) is 11.6 Å². The fourth-order valence-corrected chi connectivity index (χ4v) is 1.80. The van der Waals surface area contributed by atoms with Gasteiger partial charge in [0, 0.05) is 29.0 Å². The van der Waals surface area contributed by atoms with Gasteiger partial charge in [-0.05, 0) is 32.0 Å². The second kappa shape index (κ2) is 5.84. The molecule has 2 aromatic rings. The van der Waals surface area contributed by atoms with Gasteiger partial charge in [-0.2, -0.15) is 4.98 Å². The van der Waals surface area contributed by atoms with E-state index in [-0.39, 0.29) is 0 Å². The van der Waals surface area contributed by atoms with E-state index in [1.165, 1.54) is 12.1 Å². The molecule has 19 heavy (non-hydrogen) atoms. The van der Waals surface area contributed by atoms with Gasteiger partial charge in [0.25, 0.3) is 0 Å². The van der Waals surface area contributed by atoms with Crippen molar-refractivity contribution in [1.29, 1.82) is 0 Å². The van der Waals surface area contributed by atoms with Gasteiger partial charge < -0.3 is 10.6 Å². The van der Waals surface area contributed by atoms with Crippen LogP contribution in [0.25, 0.3) is 0 Å². The van der Waals surface area contributed by atoms with Crippen LogP contribution >= 0.6 is 11.6 Å². The predicted molar refractivity (Wildman–Crippen MR) is 75.6 cm³/mol. The molecule has 0 spiro atoms. The Morgan fingerprint density at radius 1 is 1.32 bits per heavy atom. The van der Waals surface area contributed by atoms with Crippen molar-refractivity contribution >= 4 is 29.1 Å². The molecule has 0 saturated carbocycles. The zero-order valence-electron chi connectivity index (χ0n) is 10.7. The van der Waals surface area contributed by atoms with Crippen molar-refractivity contribution in [2.45, 2.75) is 13.8 Å². The molecule has 0 bridgehead atoms. The fourth-order valence-electron chi connectivity index (χ4n) is 1.57. The summed E-state index contributed by atoms with van der Waals surface area (Å²) < 4.78 is 13.3. The van der Waals surface area contributed by atoms with E-state index in [1.807, 2.05) is 13.8 Å². The third-order valence-corrected chi connectivity index (χ3v) is 2.65. The summed E-state index contributed by atoms with van der Waals surface area (Å²) in [6.07, 6.45) is 1.70. The van der Waals surface area contributed by atoms with Crippen LogP contribution < -0.4 is 10.6 Å². The summed E-state index contributed by atoms with van der Waals surface area (Å²) in [5.41, 5.74) is 1.41. The van der Waals surface area contributed by atoms with Gasteiger partial charge in [0.15, 0.2) is 0 Å². The van der Waals surface area contributed by atoms with E-state index in [0.717, 1.165) is 12.1 Å². The largest absolute Gasteiger partial charge is 0.354 e. The molecule has 1 aromatic heterocycles. The summed E-state index contributed by atoms with van der Waals surface area (Å²) in [7, 11) is 0. The highest BCUT2D eigenvalue weighted by molar-refractivity contribution is 6.30. The molecule has 0 radical (unpaired) electrons. The highest BCUT2D eigenvalue weighted by Crippen LogP contribution is 2.23. The maximum absolute atomic E-state index is 13.3. The lowest BCUT2D eigenvalue weighted by molar-refractivity contribution is 0.628. The number of benzene rings is 1. The van der Waals surface area contributed by atoms with Crippen LogP contribution in [0.3, 0.4) is 0 Å². The Balaban J connectivity index is 2.28. The molecule has 2 N–H and O–H groups in total. The Bertz CT molecular complexity index is 569. The number of nitrogens with zero attached hydrogens (tertiary/aromatic N) is 2. The highest BCUT2D eigenvalue weighted by Gasteiger charge is 2.05. The van der Waals surface area contributed by atoms with Gasteiger partial charge in [-0.25, -0.2) is 9.37 Å². The number of hydrogen-bond donors (Lipinski definition) is 2. The quantitative estimate of drug-likeness (QED) is 0.895. The maximum atomic E-state index is 13.3. The summed E-state index contributed by atoms with van der Waals surface area (Å²) >= 11 is 5.81. The van der Waals surface area contributed by atoms with Crippen molar-refractivity contribution in [3.8, 4) is 0 Å². The summed E-state index contributed by atoms with van der Waals surface area (Å²) in [5.74, 6) is 0.749. The van der Waals surface area contributed by atoms with Gasteiger partial charge >= 0.3 is 0 Å². The van der Waals surface area contributed by atoms with Crippen LogP contribution in [-0.4, -0.2) is 16.5 Å². The van der Waals surface area contributed by atoms with Gasteiger partial charge in [0.05, 0.1) is 0 Å². The minimum atomic E-state index is -0.395. The summed E-state index contributed by atoms with van der Waals surface area (Å²) in [6.45, 7) is 4.57. The van der Waals surface area contributed by atoms with Gasteiger partial charge in [-0.3, -0.25) is 0 Å². The number of nitrogens with one attached hydrogen (secondary N) is 2. The molecule has 0 aliphatic heterocycles. The van der Waals surface area contributed by atoms with Crippen molar-refractivity contribution in [2.24, 2.45) is 0 Å². The highest BCUT2D eigenvalue weighted by atomic mass is 35.5. The molecule has 1 aromatic carbocycles. The third kappa shape index (κ3) is 3.54. The lowest BCUT2D eigenvalue weighted by atomic mass is 10.3. The Labute approximate surface area is 116 Å². The van der Waals surface area contributed by atoms with Gasteiger partial charge in [0.1, 0.15) is 11.6 Å². The second-order valence-electron chi connectivity index (χ2n) is 4.04. The number of rotatable bonds is 4. The van der Waals surface area contributed by atoms with E-state index in [9.17, 15) is 4.39 Å². The Kier molecular flexibility index (Phi) is 4.16. The normalized spacial score (nSPS) is 10.3. The molecule has 4 nitrogen and oxygen atoms in total. The first-order valence-corrected chi connectivity index (χ1v) is 6.27. The van der Waals surface area contributed by atoms with E-state index in [4.69, 9.17) is 11.6 Å². The molecule has 0 saturated heterocycles. The summed E-state index contributed by atoms with van der Waals surface area (Å²) in [4.78, 5) is 8.46. The monoisotopic (exact) mass is 280 g/mol. The van der Waals surface area contributed by atoms with Crippen LogP contribution in [0.5, 0.6) is 0 Å². The lowest BCUT2D eigenvalue weighted by Gasteiger charge is -2.10. The van der Waals surface area contributed by atoms with Crippen LogP contribution in [-0.2, 0) is 0 Å². The fraction of sp³-hybridized carbons (Fsp3) is 0.231. The molecule has 0 atom stereocenters. The molecule has 0 aliphatic carbocycles. The molecule has 0 fully saturated rings. The van der Waals surface area contributed by atoms with Gasteiger partial charge in [-0.15, -0.1) is 0 Å². The number of halogens is 2. The third-order valence-electron chi connectivity index (χ3n) is 2.43. The standard InChI is InChI=1S/C13H14ClFN4/c1-3-16-13-17-7-8(2)12(19-13)18-11-5-9(14)4-10(15)6-11/h4-7H,3H2,1-2H3,(H2,16,17,18,19). The summed E-state index contributed by atoms with van der Waals surface area (Å²) in [5, 5.41) is 6.39. The van der Waals surface area contributed by atoms with Crippen molar-refractivity contribution in [3.05, 3.63) is 40.8 Å². The second-order valence-corrected chi connectivity index (χ2v) is 4.48.